The Bertz CT molecular complexity index is 1040. The molecule has 0 unspecified atom stereocenters. The second-order valence-corrected chi connectivity index (χ2v) is 9.23. The average Bonchev–Trinajstić information content (AvgIpc) is 2.81. The molecule has 9 nitrogen and oxygen atoms in total. The smallest absolute Gasteiger partial charge is 0.411 e. The maximum absolute atomic E-state index is 13.1. The highest BCUT2D eigenvalue weighted by Gasteiger charge is 2.33. The number of ether oxygens (including phenoxy) is 2. The summed E-state index contributed by atoms with van der Waals surface area (Å²) in [4.78, 5) is 24.1. The van der Waals surface area contributed by atoms with Crippen LogP contribution >= 0.6 is 0 Å². The second kappa shape index (κ2) is 10.5. The van der Waals surface area contributed by atoms with Crippen molar-refractivity contribution in [2.24, 2.45) is 5.92 Å². The molecule has 0 radical (unpaired) electrons. The number of nitrogens with one attached hydrogen (secondary N) is 2. The first kappa shape index (κ1) is 23.6. The van der Waals surface area contributed by atoms with E-state index < -0.39 is 22.0 Å². The number of sulfonamides is 1. The molecule has 1 aliphatic rings. The number of amides is 2. The molecule has 2 N–H and O–H groups in total. The third kappa shape index (κ3) is 5.77. The van der Waals surface area contributed by atoms with Gasteiger partial charge in [-0.1, -0.05) is 0 Å². The molecule has 0 spiro atoms. The molecule has 0 saturated carbocycles. The standard InChI is InChI=1S/C22H27N3O6S/c1-3-31-19-10-6-17(7-11-19)23-21(26)16-5-4-14-25(15-16)32(28,29)20-12-8-18(9-13-20)24-22(27)30-2/h6-13,16H,3-5,14-15H2,1-2H3,(H,23,26)(H,24,27)/t16-/m1/s1. The van der Waals surface area contributed by atoms with E-state index in [9.17, 15) is 18.0 Å². The molecule has 172 valence electrons. The lowest BCUT2D eigenvalue weighted by Gasteiger charge is -2.31. The van der Waals surface area contributed by atoms with Crippen LogP contribution in [0.5, 0.6) is 5.75 Å². The molecule has 32 heavy (non-hydrogen) atoms. The van der Waals surface area contributed by atoms with E-state index in [1.807, 2.05) is 6.92 Å². The lowest BCUT2D eigenvalue weighted by Crippen LogP contribution is -2.43. The summed E-state index contributed by atoms with van der Waals surface area (Å²) in [6.45, 7) is 2.90. The molecular formula is C22H27N3O6S. The van der Waals surface area contributed by atoms with E-state index >= 15 is 0 Å². The molecule has 0 aromatic heterocycles. The zero-order chi connectivity index (χ0) is 23.1. The number of piperidine rings is 1. The summed E-state index contributed by atoms with van der Waals surface area (Å²) in [6.07, 6.45) is 0.553. The largest absolute Gasteiger partial charge is 0.494 e. The van der Waals surface area contributed by atoms with Crippen molar-refractivity contribution in [2.45, 2.75) is 24.7 Å². The molecule has 1 saturated heterocycles. The number of carbonyl (C=O) groups excluding carboxylic acids is 2. The van der Waals surface area contributed by atoms with E-state index in [2.05, 4.69) is 15.4 Å². The Hall–Kier alpha value is -3.11. The highest BCUT2D eigenvalue weighted by Crippen LogP contribution is 2.26. The van der Waals surface area contributed by atoms with Gasteiger partial charge in [0, 0.05) is 24.5 Å². The number of hydrogen-bond acceptors (Lipinski definition) is 6. The molecule has 0 bridgehead atoms. The highest BCUT2D eigenvalue weighted by molar-refractivity contribution is 7.89. The van der Waals surface area contributed by atoms with Crippen molar-refractivity contribution in [1.82, 2.24) is 4.31 Å². The third-order valence-corrected chi connectivity index (χ3v) is 6.99. The van der Waals surface area contributed by atoms with Crippen molar-refractivity contribution in [3.63, 3.8) is 0 Å². The molecule has 3 rings (SSSR count). The van der Waals surface area contributed by atoms with Crippen LogP contribution in [0.4, 0.5) is 16.2 Å². The van der Waals surface area contributed by atoms with Gasteiger partial charge in [-0.2, -0.15) is 4.31 Å². The predicted octanol–water partition coefficient (Wildman–Crippen LogP) is 3.30. The van der Waals surface area contributed by atoms with Gasteiger partial charge in [-0.15, -0.1) is 0 Å². The Balaban J connectivity index is 1.65. The molecule has 10 heteroatoms. The SMILES string of the molecule is CCOc1ccc(NC(=O)[C@@H]2CCCN(S(=O)(=O)c3ccc(NC(=O)OC)cc3)C2)cc1. The van der Waals surface area contributed by atoms with Gasteiger partial charge in [-0.3, -0.25) is 10.1 Å². The van der Waals surface area contributed by atoms with Gasteiger partial charge in [-0.05, 0) is 68.3 Å². The lowest BCUT2D eigenvalue weighted by molar-refractivity contribution is -0.120. The van der Waals surface area contributed by atoms with Gasteiger partial charge in [-0.25, -0.2) is 13.2 Å². The molecule has 2 aromatic rings. The first-order valence-electron chi connectivity index (χ1n) is 10.3. The molecule has 2 aromatic carbocycles. The van der Waals surface area contributed by atoms with Crippen LogP contribution in [0.2, 0.25) is 0 Å². The fourth-order valence-electron chi connectivity index (χ4n) is 3.45. The maximum atomic E-state index is 13.1. The third-order valence-electron chi connectivity index (χ3n) is 5.11. The lowest BCUT2D eigenvalue weighted by atomic mass is 9.99. The van der Waals surface area contributed by atoms with E-state index in [4.69, 9.17) is 4.74 Å². The molecule has 2 amide bonds. The number of hydrogen-bond donors (Lipinski definition) is 2. The highest BCUT2D eigenvalue weighted by atomic mass is 32.2. The van der Waals surface area contributed by atoms with Crippen LogP contribution in [0.25, 0.3) is 0 Å². The molecule has 1 atom stereocenters. The molecular weight excluding hydrogens is 434 g/mol. The second-order valence-electron chi connectivity index (χ2n) is 7.29. The van der Waals surface area contributed by atoms with Crippen molar-refractivity contribution in [2.75, 3.05) is 37.4 Å². The molecule has 0 aliphatic carbocycles. The van der Waals surface area contributed by atoms with Crippen molar-refractivity contribution >= 4 is 33.4 Å². The summed E-state index contributed by atoms with van der Waals surface area (Å²) in [7, 11) is -2.53. The fourth-order valence-corrected chi connectivity index (χ4v) is 4.97. The van der Waals surface area contributed by atoms with Crippen LogP contribution in [0.1, 0.15) is 19.8 Å². The fraction of sp³-hybridized carbons (Fsp3) is 0.364. The molecule has 1 fully saturated rings. The van der Waals surface area contributed by atoms with E-state index in [1.54, 1.807) is 24.3 Å². The summed E-state index contributed by atoms with van der Waals surface area (Å²) in [5, 5.41) is 5.33. The Morgan fingerprint density at radius 1 is 1.03 bits per heavy atom. The Labute approximate surface area is 187 Å². The maximum Gasteiger partial charge on any atom is 0.411 e. The van der Waals surface area contributed by atoms with Gasteiger partial charge in [0.2, 0.25) is 15.9 Å². The van der Waals surface area contributed by atoms with Gasteiger partial charge >= 0.3 is 6.09 Å². The topological polar surface area (TPSA) is 114 Å². The first-order valence-corrected chi connectivity index (χ1v) is 11.8. The van der Waals surface area contributed by atoms with Gasteiger partial charge in [0.05, 0.1) is 24.5 Å². The minimum absolute atomic E-state index is 0.0977. The van der Waals surface area contributed by atoms with Crippen molar-refractivity contribution in [1.29, 1.82) is 0 Å². The molecule has 1 heterocycles. The Kier molecular flexibility index (Phi) is 7.70. The van der Waals surface area contributed by atoms with Gasteiger partial charge in [0.1, 0.15) is 5.75 Å². The van der Waals surface area contributed by atoms with E-state index in [-0.39, 0.29) is 17.3 Å². The van der Waals surface area contributed by atoms with Crippen molar-refractivity contribution < 1.29 is 27.5 Å². The van der Waals surface area contributed by atoms with Crippen molar-refractivity contribution in [3.8, 4) is 5.75 Å². The average molecular weight is 462 g/mol. The summed E-state index contributed by atoms with van der Waals surface area (Å²) >= 11 is 0. The number of benzene rings is 2. The Morgan fingerprint density at radius 3 is 2.28 bits per heavy atom. The number of carbonyl (C=O) groups is 2. The van der Waals surface area contributed by atoms with Crippen LogP contribution < -0.4 is 15.4 Å². The van der Waals surface area contributed by atoms with E-state index in [0.717, 1.165) is 0 Å². The zero-order valence-electron chi connectivity index (χ0n) is 18.0. The predicted molar refractivity (Wildman–Crippen MR) is 120 cm³/mol. The number of rotatable bonds is 7. The van der Waals surface area contributed by atoms with Gasteiger partial charge in [0.25, 0.3) is 0 Å². The van der Waals surface area contributed by atoms with Gasteiger partial charge < -0.3 is 14.8 Å². The summed E-state index contributed by atoms with van der Waals surface area (Å²) in [6, 6.07) is 12.9. The number of methoxy groups -OCH3 is 1. The Morgan fingerprint density at radius 2 is 1.66 bits per heavy atom. The summed E-state index contributed by atoms with van der Waals surface area (Å²) in [5.41, 5.74) is 1.05. The van der Waals surface area contributed by atoms with E-state index in [1.165, 1.54) is 35.7 Å². The monoisotopic (exact) mass is 461 g/mol. The zero-order valence-corrected chi connectivity index (χ0v) is 18.9. The minimum Gasteiger partial charge on any atom is -0.494 e. The van der Waals surface area contributed by atoms with Crippen LogP contribution in [-0.4, -0.2) is 51.5 Å². The summed E-state index contributed by atoms with van der Waals surface area (Å²) < 4.78 is 37.4. The van der Waals surface area contributed by atoms with Crippen molar-refractivity contribution in [3.05, 3.63) is 48.5 Å². The number of anilines is 2. The number of nitrogens with zero attached hydrogens (tertiary/aromatic N) is 1. The van der Waals surface area contributed by atoms with Crippen LogP contribution in [0.3, 0.4) is 0 Å². The minimum atomic E-state index is -3.77. The quantitative estimate of drug-likeness (QED) is 0.654. The molecule has 1 aliphatic heterocycles. The first-order chi connectivity index (χ1) is 15.3. The van der Waals surface area contributed by atoms with Gasteiger partial charge in [0.15, 0.2) is 0 Å². The van der Waals surface area contributed by atoms with Crippen LogP contribution in [0, 0.1) is 5.92 Å². The van der Waals surface area contributed by atoms with E-state index in [0.29, 0.717) is 43.1 Å². The van der Waals surface area contributed by atoms with Crippen LogP contribution in [0.15, 0.2) is 53.4 Å². The summed E-state index contributed by atoms with van der Waals surface area (Å²) in [5.74, 6) is 0.0466. The normalized spacial score (nSPS) is 16.8. The van der Waals surface area contributed by atoms with Crippen LogP contribution in [-0.2, 0) is 19.6 Å².